The summed E-state index contributed by atoms with van der Waals surface area (Å²) in [5, 5.41) is 4.10. The minimum Gasteiger partial charge on any atom is -0.426 e. The summed E-state index contributed by atoms with van der Waals surface area (Å²) in [6.45, 7) is 2.00. The first-order chi connectivity index (χ1) is 16.9. The molecule has 0 unspecified atom stereocenters. The summed E-state index contributed by atoms with van der Waals surface area (Å²) in [6, 6.07) is 13.4. The Labute approximate surface area is 218 Å². The van der Waals surface area contributed by atoms with Gasteiger partial charge in [0.2, 0.25) is 5.91 Å². The molecule has 1 aromatic heterocycles. The van der Waals surface area contributed by atoms with Crippen molar-refractivity contribution in [1.29, 1.82) is 0 Å². The minimum absolute atomic E-state index is 0.0289. The van der Waals surface area contributed by atoms with Crippen LogP contribution in [0.25, 0.3) is 0 Å². The lowest BCUT2D eigenvalue weighted by molar-refractivity contribution is -0.147. The summed E-state index contributed by atoms with van der Waals surface area (Å²) in [4.78, 5) is 43.6. The van der Waals surface area contributed by atoms with E-state index >= 15 is 0 Å². The number of amides is 1. The van der Waals surface area contributed by atoms with Gasteiger partial charge in [-0.05, 0) is 61.4 Å². The molecule has 2 N–H and O–H groups in total. The number of halogens is 1. The molecule has 6 nitrogen and oxygen atoms in total. The van der Waals surface area contributed by atoms with Crippen LogP contribution in [0.2, 0.25) is 0 Å². The van der Waals surface area contributed by atoms with E-state index in [0.717, 1.165) is 37.6 Å². The maximum atomic E-state index is 13.6. The number of rotatable bonds is 2. The van der Waals surface area contributed by atoms with Crippen molar-refractivity contribution in [3.05, 3.63) is 72.6 Å². The molecule has 1 amide bonds. The maximum absolute atomic E-state index is 13.6. The summed E-state index contributed by atoms with van der Waals surface area (Å²) >= 11 is 6.52. The number of anilines is 1. The Morgan fingerprint density at radius 3 is 2.74 bits per heavy atom. The molecule has 2 saturated carbocycles. The third-order valence-electron chi connectivity index (χ3n) is 8.12. The van der Waals surface area contributed by atoms with E-state index in [1.807, 2.05) is 49.4 Å². The predicted octanol–water partition coefficient (Wildman–Crippen LogP) is 5.17. The molecule has 178 valence electrons. The standard InChI is InChI=1S/C26H21BrN2O4S2/c1-10-2-5-12(6-3-10)28-23(30)19-15-9-14-18-17(22-24(34-21(15)18)29-26(32)35-22)13-8-11(27)4-7-16(13)33-25(31)20(14)19/h2-8,14-15,17-21H,9H2,1H3,(H,28,30)(H,29,32)/t14-,15+,17+,18+,19-,20-,21+/m0/s1. The molecule has 2 aromatic carbocycles. The Kier molecular flexibility index (Phi) is 4.89. The summed E-state index contributed by atoms with van der Waals surface area (Å²) in [5.74, 6) is -0.701. The van der Waals surface area contributed by atoms with Gasteiger partial charge in [0.1, 0.15) is 5.75 Å². The number of esters is 1. The number of nitrogens with one attached hydrogen (secondary N) is 2. The van der Waals surface area contributed by atoms with Gasteiger partial charge in [-0.1, -0.05) is 45.0 Å². The van der Waals surface area contributed by atoms with E-state index in [4.69, 9.17) is 4.74 Å². The van der Waals surface area contributed by atoms with E-state index < -0.39 is 11.8 Å². The zero-order chi connectivity index (χ0) is 24.0. The quantitative estimate of drug-likeness (QED) is 0.329. The zero-order valence-electron chi connectivity index (χ0n) is 18.6. The SMILES string of the molecule is Cc1ccc(NC(=O)[C@H]2[C@H]3C[C@@H]4[C@@H]2C(=O)Oc2ccc(Br)cc2[C@H]2c5sc(=O)[nH]c5S[C@H]3[C@@H]24)cc1. The molecular formula is C26H21BrN2O4S2. The highest BCUT2D eigenvalue weighted by molar-refractivity contribution is 9.10. The van der Waals surface area contributed by atoms with E-state index in [0.29, 0.717) is 5.75 Å². The molecular weight excluding hydrogens is 548 g/mol. The van der Waals surface area contributed by atoms with Crippen LogP contribution in [0, 0.1) is 36.5 Å². The second-order valence-electron chi connectivity index (χ2n) is 9.92. The second-order valence-corrected chi connectivity index (χ2v) is 13.0. The number of hydrogen-bond acceptors (Lipinski definition) is 6. The highest BCUT2D eigenvalue weighted by atomic mass is 79.9. The van der Waals surface area contributed by atoms with Crippen LogP contribution < -0.4 is 14.9 Å². The molecule has 7 rings (SSSR count). The summed E-state index contributed by atoms with van der Waals surface area (Å²) in [5.41, 5.74) is 2.78. The molecule has 3 aromatic rings. The van der Waals surface area contributed by atoms with Crippen LogP contribution in [0.3, 0.4) is 0 Å². The Hall–Kier alpha value is -2.36. The molecule has 35 heavy (non-hydrogen) atoms. The number of aromatic nitrogens is 1. The highest BCUT2D eigenvalue weighted by Gasteiger charge is 2.67. The first-order valence-electron chi connectivity index (χ1n) is 11.7. The normalized spacial score (nSPS) is 31.7. The zero-order valence-corrected chi connectivity index (χ0v) is 21.8. The van der Waals surface area contributed by atoms with Crippen LogP contribution in [0.1, 0.15) is 28.3 Å². The third-order valence-corrected chi connectivity index (χ3v) is 11.2. The van der Waals surface area contributed by atoms with Gasteiger partial charge in [-0.3, -0.25) is 14.4 Å². The number of aromatic amines is 1. The fraction of sp³-hybridized carbons (Fsp3) is 0.346. The summed E-state index contributed by atoms with van der Waals surface area (Å²) < 4.78 is 6.91. The molecule has 2 bridgehead atoms. The number of thioether (sulfide) groups is 1. The Morgan fingerprint density at radius 2 is 1.94 bits per heavy atom. The lowest BCUT2D eigenvalue weighted by Crippen LogP contribution is -2.50. The van der Waals surface area contributed by atoms with E-state index in [1.165, 1.54) is 11.3 Å². The molecule has 0 saturated heterocycles. The van der Waals surface area contributed by atoms with Gasteiger partial charge in [-0.15, -0.1) is 11.8 Å². The Balaban J connectivity index is 1.35. The number of hydrogen-bond donors (Lipinski definition) is 2. The van der Waals surface area contributed by atoms with Crippen LogP contribution in [0.5, 0.6) is 5.75 Å². The molecule has 4 aliphatic rings. The number of fused-ring (bicyclic) bond motifs is 6. The van der Waals surface area contributed by atoms with E-state index in [-0.39, 0.29) is 45.7 Å². The van der Waals surface area contributed by atoms with Crippen LogP contribution in [0.15, 0.2) is 56.8 Å². The fourth-order valence-corrected chi connectivity index (χ4v) is 10.1. The fourth-order valence-electron chi connectivity index (χ4n) is 6.86. The Morgan fingerprint density at radius 1 is 1.14 bits per heavy atom. The van der Waals surface area contributed by atoms with Crippen LogP contribution >= 0.6 is 39.0 Å². The maximum Gasteiger partial charge on any atom is 0.315 e. The van der Waals surface area contributed by atoms with E-state index in [1.54, 1.807) is 11.8 Å². The number of benzene rings is 2. The molecule has 2 aliphatic carbocycles. The van der Waals surface area contributed by atoms with Gasteiger partial charge >= 0.3 is 10.8 Å². The largest absolute Gasteiger partial charge is 0.426 e. The van der Waals surface area contributed by atoms with Crippen LogP contribution in [-0.2, 0) is 9.59 Å². The monoisotopic (exact) mass is 568 g/mol. The van der Waals surface area contributed by atoms with Crippen molar-refractivity contribution in [2.24, 2.45) is 29.6 Å². The van der Waals surface area contributed by atoms with Gasteiger partial charge in [0.05, 0.1) is 16.9 Å². The van der Waals surface area contributed by atoms with Gasteiger partial charge in [-0.2, -0.15) is 0 Å². The second kappa shape index (κ2) is 7.82. The number of thiazole rings is 1. The topological polar surface area (TPSA) is 88.3 Å². The number of aryl methyl sites for hydroxylation is 1. The summed E-state index contributed by atoms with van der Waals surface area (Å²) in [7, 11) is 0. The Bertz CT molecular complexity index is 1450. The van der Waals surface area contributed by atoms with Crippen molar-refractivity contribution in [3.63, 3.8) is 0 Å². The van der Waals surface area contributed by atoms with Crippen molar-refractivity contribution >= 4 is 56.6 Å². The molecule has 0 radical (unpaired) electrons. The van der Waals surface area contributed by atoms with Crippen LogP contribution in [-0.4, -0.2) is 22.1 Å². The smallest absolute Gasteiger partial charge is 0.315 e. The highest BCUT2D eigenvalue weighted by Crippen LogP contribution is 2.68. The van der Waals surface area contributed by atoms with Gasteiger partial charge < -0.3 is 15.0 Å². The van der Waals surface area contributed by atoms with Gasteiger partial charge in [-0.25, -0.2) is 0 Å². The van der Waals surface area contributed by atoms with Crippen molar-refractivity contribution in [3.8, 4) is 5.75 Å². The number of carbonyl (C=O) groups is 2. The molecule has 9 heteroatoms. The lowest BCUT2D eigenvalue weighted by atomic mass is 9.66. The first kappa shape index (κ1) is 21.9. The molecule has 7 atom stereocenters. The van der Waals surface area contributed by atoms with Crippen molar-refractivity contribution in [2.45, 2.75) is 29.5 Å². The first-order valence-corrected chi connectivity index (χ1v) is 14.2. The van der Waals surface area contributed by atoms with Gasteiger partial charge in [0, 0.05) is 31.8 Å². The van der Waals surface area contributed by atoms with E-state index in [2.05, 4.69) is 26.2 Å². The molecule has 2 aliphatic heterocycles. The summed E-state index contributed by atoms with van der Waals surface area (Å²) in [6.07, 6.45) is 0.813. The molecule has 3 heterocycles. The molecule has 0 spiro atoms. The number of H-pyrrole nitrogens is 1. The van der Waals surface area contributed by atoms with Crippen molar-refractivity contribution in [2.75, 3.05) is 5.32 Å². The van der Waals surface area contributed by atoms with Gasteiger partial charge in [0.15, 0.2) is 0 Å². The number of carbonyl (C=O) groups excluding carboxylic acids is 2. The van der Waals surface area contributed by atoms with Crippen molar-refractivity contribution in [1.82, 2.24) is 4.98 Å². The van der Waals surface area contributed by atoms with Gasteiger partial charge in [0.25, 0.3) is 0 Å². The van der Waals surface area contributed by atoms with E-state index in [9.17, 15) is 14.4 Å². The third kappa shape index (κ3) is 3.24. The molecule has 2 fully saturated rings. The lowest BCUT2D eigenvalue weighted by Gasteiger charge is -2.46. The average molecular weight is 570 g/mol. The number of ether oxygens (including phenoxy) is 1. The van der Waals surface area contributed by atoms with Crippen molar-refractivity contribution < 1.29 is 14.3 Å². The van der Waals surface area contributed by atoms with Crippen LogP contribution in [0.4, 0.5) is 5.69 Å². The minimum atomic E-state index is -0.496. The predicted molar refractivity (Wildman–Crippen MR) is 138 cm³/mol. The average Bonchev–Trinajstić information content (AvgIpc) is 3.50.